The molecule has 1 rings (SSSR count). The third kappa shape index (κ3) is 2.32. The van der Waals surface area contributed by atoms with Gasteiger partial charge in [0, 0.05) is 6.04 Å². The van der Waals surface area contributed by atoms with Crippen molar-refractivity contribution in [2.24, 2.45) is 5.73 Å². The molecule has 0 saturated heterocycles. The van der Waals surface area contributed by atoms with E-state index in [1.54, 1.807) is 13.0 Å². The van der Waals surface area contributed by atoms with Crippen molar-refractivity contribution in [3.8, 4) is 6.07 Å². The highest BCUT2D eigenvalue weighted by Gasteiger charge is 2.15. The van der Waals surface area contributed by atoms with E-state index in [2.05, 4.69) is 4.98 Å². The van der Waals surface area contributed by atoms with Crippen LogP contribution >= 0.6 is 0 Å². The molecular weight excluding hydrogens is 190 g/mol. The molecule has 0 aromatic carbocycles. The Morgan fingerprint density at radius 3 is 2.53 bits per heavy atom. The van der Waals surface area contributed by atoms with Gasteiger partial charge in [-0.15, -0.1) is 0 Å². The molecule has 80 valence electrons. The molecule has 2 unspecified atom stereocenters. The summed E-state index contributed by atoms with van der Waals surface area (Å²) in [4.78, 5) is 4.21. The topological polar surface area (TPSA) is 82.9 Å². The second kappa shape index (κ2) is 4.39. The van der Waals surface area contributed by atoms with Crippen molar-refractivity contribution in [2.75, 3.05) is 0 Å². The van der Waals surface area contributed by atoms with Gasteiger partial charge in [-0.05, 0) is 32.4 Å². The minimum atomic E-state index is -0.753. The van der Waals surface area contributed by atoms with E-state index >= 15 is 0 Å². The molecule has 4 heteroatoms. The van der Waals surface area contributed by atoms with Crippen molar-refractivity contribution in [3.63, 3.8) is 0 Å². The number of nitrogens with zero attached hydrogens (tertiary/aromatic N) is 2. The highest BCUT2D eigenvalue weighted by atomic mass is 16.3. The molecule has 0 fully saturated rings. The SMILES string of the molecule is Cc1cc(C(C)N)nc(C(C)O)c1C#N. The summed E-state index contributed by atoms with van der Waals surface area (Å²) in [6, 6.07) is 3.63. The molecule has 0 amide bonds. The first kappa shape index (κ1) is 11.6. The van der Waals surface area contributed by atoms with Crippen molar-refractivity contribution in [3.05, 3.63) is 28.6 Å². The van der Waals surface area contributed by atoms with E-state index in [1.165, 1.54) is 0 Å². The molecule has 0 radical (unpaired) electrons. The van der Waals surface area contributed by atoms with Crippen LogP contribution in [-0.4, -0.2) is 10.1 Å². The normalized spacial score (nSPS) is 14.4. The molecule has 1 heterocycles. The fourth-order valence-corrected chi connectivity index (χ4v) is 1.40. The summed E-state index contributed by atoms with van der Waals surface area (Å²) in [6.45, 7) is 5.23. The maximum Gasteiger partial charge on any atom is 0.101 e. The van der Waals surface area contributed by atoms with Gasteiger partial charge in [0.25, 0.3) is 0 Å². The predicted octanol–water partition coefficient (Wildman–Crippen LogP) is 1.33. The van der Waals surface area contributed by atoms with E-state index in [0.717, 1.165) is 5.56 Å². The van der Waals surface area contributed by atoms with E-state index in [9.17, 15) is 5.11 Å². The van der Waals surface area contributed by atoms with Crippen LogP contribution in [0.25, 0.3) is 0 Å². The van der Waals surface area contributed by atoms with E-state index < -0.39 is 6.10 Å². The first-order chi connectivity index (χ1) is 6.97. The Hall–Kier alpha value is -1.44. The van der Waals surface area contributed by atoms with Gasteiger partial charge in [-0.1, -0.05) is 0 Å². The van der Waals surface area contributed by atoms with Gasteiger partial charge in [0.05, 0.1) is 23.1 Å². The van der Waals surface area contributed by atoms with Gasteiger partial charge < -0.3 is 10.8 Å². The summed E-state index contributed by atoms with van der Waals surface area (Å²) in [6.07, 6.45) is -0.753. The number of pyridine rings is 1. The van der Waals surface area contributed by atoms with Crippen LogP contribution in [0.5, 0.6) is 0 Å². The highest BCUT2D eigenvalue weighted by molar-refractivity contribution is 5.42. The molecule has 1 aromatic rings. The van der Waals surface area contributed by atoms with Crippen molar-refractivity contribution >= 4 is 0 Å². The number of aromatic nitrogens is 1. The Balaban J connectivity index is 3.40. The molecule has 1 aromatic heterocycles. The molecule has 0 bridgehead atoms. The summed E-state index contributed by atoms with van der Waals surface area (Å²) >= 11 is 0. The predicted molar refractivity (Wildman–Crippen MR) is 56.9 cm³/mol. The van der Waals surface area contributed by atoms with Crippen LogP contribution in [0.3, 0.4) is 0 Å². The molecule has 0 aliphatic rings. The number of aliphatic hydroxyl groups is 1. The van der Waals surface area contributed by atoms with Crippen LogP contribution in [0.15, 0.2) is 6.07 Å². The Bertz CT molecular complexity index is 405. The maximum atomic E-state index is 9.51. The molecule has 0 spiro atoms. The summed E-state index contributed by atoms with van der Waals surface area (Å²) < 4.78 is 0. The van der Waals surface area contributed by atoms with E-state index in [4.69, 9.17) is 11.0 Å². The average molecular weight is 205 g/mol. The first-order valence-electron chi connectivity index (χ1n) is 4.82. The summed E-state index contributed by atoms with van der Waals surface area (Å²) in [7, 11) is 0. The lowest BCUT2D eigenvalue weighted by Gasteiger charge is -2.13. The number of rotatable bonds is 2. The number of hydrogen-bond donors (Lipinski definition) is 2. The molecule has 0 aliphatic carbocycles. The Morgan fingerprint density at radius 1 is 1.53 bits per heavy atom. The molecule has 4 nitrogen and oxygen atoms in total. The zero-order valence-corrected chi connectivity index (χ0v) is 9.15. The van der Waals surface area contributed by atoms with Crippen LogP contribution in [0, 0.1) is 18.3 Å². The molecule has 0 saturated carbocycles. The van der Waals surface area contributed by atoms with E-state index in [1.807, 2.05) is 19.9 Å². The van der Waals surface area contributed by atoms with Gasteiger partial charge >= 0.3 is 0 Å². The van der Waals surface area contributed by atoms with Crippen molar-refractivity contribution < 1.29 is 5.11 Å². The molecular formula is C11H15N3O. The molecule has 3 N–H and O–H groups in total. The van der Waals surface area contributed by atoms with Gasteiger partial charge in [0.15, 0.2) is 0 Å². The van der Waals surface area contributed by atoms with E-state index in [-0.39, 0.29) is 6.04 Å². The maximum absolute atomic E-state index is 9.51. The zero-order valence-electron chi connectivity index (χ0n) is 9.15. The minimum absolute atomic E-state index is 0.200. The van der Waals surface area contributed by atoms with Crippen LogP contribution < -0.4 is 5.73 Å². The number of nitriles is 1. The second-order valence-corrected chi connectivity index (χ2v) is 3.70. The number of nitrogens with two attached hydrogens (primary N) is 1. The lowest BCUT2D eigenvalue weighted by Crippen LogP contribution is -2.12. The third-order valence-electron chi connectivity index (χ3n) is 2.24. The van der Waals surface area contributed by atoms with Crippen molar-refractivity contribution in [2.45, 2.75) is 32.9 Å². The first-order valence-corrected chi connectivity index (χ1v) is 4.82. The third-order valence-corrected chi connectivity index (χ3v) is 2.24. The van der Waals surface area contributed by atoms with Gasteiger partial charge in [0.1, 0.15) is 6.07 Å². The van der Waals surface area contributed by atoms with Crippen molar-refractivity contribution in [1.82, 2.24) is 4.98 Å². The monoisotopic (exact) mass is 205 g/mol. The minimum Gasteiger partial charge on any atom is -0.387 e. The van der Waals surface area contributed by atoms with Gasteiger partial charge in [-0.2, -0.15) is 5.26 Å². The number of aliphatic hydroxyl groups excluding tert-OH is 1. The summed E-state index contributed by atoms with van der Waals surface area (Å²) in [5, 5.41) is 18.5. The largest absolute Gasteiger partial charge is 0.387 e. The summed E-state index contributed by atoms with van der Waals surface area (Å²) in [5.41, 5.74) is 8.06. The zero-order chi connectivity index (χ0) is 11.6. The quantitative estimate of drug-likeness (QED) is 0.763. The lowest BCUT2D eigenvalue weighted by molar-refractivity contribution is 0.193. The van der Waals surface area contributed by atoms with Gasteiger partial charge in [-0.3, -0.25) is 4.98 Å². The Kier molecular flexibility index (Phi) is 3.40. The van der Waals surface area contributed by atoms with Crippen LogP contribution in [0.1, 0.15) is 48.5 Å². The number of aryl methyl sites for hydroxylation is 1. The standard InChI is InChI=1S/C11H15N3O/c1-6-4-10(7(2)13)14-11(8(3)15)9(6)5-12/h4,7-8,15H,13H2,1-3H3. The van der Waals surface area contributed by atoms with Crippen LogP contribution in [0.2, 0.25) is 0 Å². The van der Waals surface area contributed by atoms with Gasteiger partial charge in [0.2, 0.25) is 0 Å². The molecule has 15 heavy (non-hydrogen) atoms. The van der Waals surface area contributed by atoms with Crippen LogP contribution in [-0.2, 0) is 0 Å². The fraction of sp³-hybridized carbons (Fsp3) is 0.455. The second-order valence-electron chi connectivity index (χ2n) is 3.70. The van der Waals surface area contributed by atoms with Crippen molar-refractivity contribution in [1.29, 1.82) is 5.26 Å². The Morgan fingerprint density at radius 2 is 2.13 bits per heavy atom. The van der Waals surface area contributed by atoms with Crippen LogP contribution in [0.4, 0.5) is 0 Å². The van der Waals surface area contributed by atoms with Gasteiger partial charge in [-0.25, -0.2) is 0 Å². The summed E-state index contributed by atoms with van der Waals surface area (Å²) in [5.74, 6) is 0. The lowest BCUT2D eigenvalue weighted by atomic mass is 10.0. The average Bonchev–Trinajstić information content (AvgIpc) is 2.16. The molecule has 0 aliphatic heterocycles. The van der Waals surface area contributed by atoms with E-state index in [0.29, 0.717) is 17.0 Å². The number of hydrogen-bond acceptors (Lipinski definition) is 4. The molecule has 2 atom stereocenters. The highest BCUT2D eigenvalue weighted by Crippen LogP contribution is 2.21. The fourth-order valence-electron chi connectivity index (χ4n) is 1.40. The Labute approximate surface area is 89.4 Å². The smallest absolute Gasteiger partial charge is 0.101 e.